The standard InChI is InChI=1S/C25H28N2O6S2/c1-18-8-12-24(13-9-18)35(31,32)27(21-6-5-7-22(16-21)33-3)17-25(28)26-19(2)20-10-14-23(15-11-20)34(4,29)30/h5-16,19H,17H2,1-4H3,(H,26,28)/t19-/m0/s1. The Kier molecular flexibility index (Phi) is 7.86. The van der Waals surface area contributed by atoms with Crippen molar-refractivity contribution < 1.29 is 26.4 Å². The van der Waals surface area contributed by atoms with Crippen LogP contribution in [0.2, 0.25) is 0 Å². The molecule has 0 fully saturated rings. The van der Waals surface area contributed by atoms with Crippen molar-refractivity contribution >= 4 is 31.5 Å². The Bertz CT molecular complexity index is 1400. The zero-order chi connectivity index (χ0) is 25.8. The third-order valence-corrected chi connectivity index (χ3v) is 8.34. The summed E-state index contributed by atoms with van der Waals surface area (Å²) in [5, 5.41) is 2.79. The molecule has 10 heteroatoms. The summed E-state index contributed by atoms with van der Waals surface area (Å²) in [5.41, 5.74) is 1.87. The predicted octanol–water partition coefficient (Wildman–Crippen LogP) is 3.48. The summed E-state index contributed by atoms with van der Waals surface area (Å²) in [6.45, 7) is 3.13. The highest BCUT2D eigenvalue weighted by molar-refractivity contribution is 7.93. The first-order valence-electron chi connectivity index (χ1n) is 10.7. The minimum Gasteiger partial charge on any atom is -0.497 e. The molecule has 0 unspecified atom stereocenters. The molecule has 0 aliphatic heterocycles. The van der Waals surface area contributed by atoms with Gasteiger partial charge in [-0.15, -0.1) is 0 Å². The molecule has 0 saturated carbocycles. The number of amides is 1. The molecule has 1 atom stereocenters. The van der Waals surface area contributed by atoms with Gasteiger partial charge in [-0.2, -0.15) is 0 Å². The van der Waals surface area contributed by atoms with Gasteiger partial charge in [0.25, 0.3) is 10.0 Å². The fourth-order valence-electron chi connectivity index (χ4n) is 3.42. The lowest BCUT2D eigenvalue weighted by molar-refractivity contribution is -0.120. The number of benzene rings is 3. The lowest BCUT2D eigenvalue weighted by Gasteiger charge is -2.25. The first kappa shape index (κ1) is 26.2. The van der Waals surface area contributed by atoms with Crippen LogP contribution in [0, 0.1) is 6.92 Å². The average molecular weight is 517 g/mol. The molecule has 3 aromatic rings. The van der Waals surface area contributed by atoms with Crippen molar-refractivity contribution in [3.63, 3.8) is 0 Å². The molecule has 0 aromatic heterocycles. The maximum atomic E-state index is 13.5. The van der Waals surface area contributed by atoms with Crippen LogP contribution < -0.4 is 14.4 Å². The number of rotatable bonds is 9. The predicted molar refractivity (Wildman–Crippen MR) is 135 cm³/mol. The van der Waals surface area contributed by atoms with E-state index in [0.717, 1.165) is 16.1 Å². The molecule has 35 heavy (non-hydrogen) atoms. The lowest BCUT2D eigenvalue weighted by Crippen LogP contribution is -2.41. The van der Waals surface area contributed by atoms with E-state index >= 15 is 0 Å². The summed E-state index contributed by atoms with van der Waals surface area (Å²) in [6.07, 6.45) is 1.12. The molecule has 3 rings (SSSR count). The monoisotopic (exact) mass is 516 g/mol. The van der Waals surface area contributed by atoms with Crippen molar-refractivity contribution in [3.8, 4) is 5.75 Å². The van der Waals surface area contributed by atoms with Gasteiger partial charge >= 0.3 is 0 Å². The van der Waals surface area contributed by atoms with Crippen LogP contribution in [0.15, 0.2) is 82.6 Å². The Morgan fingerprint density at radius 1 is 0.943 bits per heavy atom. The van der Waals surface area contributed by atoms with Gasteiger partial charge in [0.05, 0.1) is 28.6 Å². The van der Waals surface area contributed by atoms with Crippen LogP contribution in [0.5, 0.6) is 5.75 Å². The Morgan fingerprint density at radius 2 is 1.54 bits per heavy atom. The smallest absolute Gasteiger partial charge is 0.264 e. The number of sulfonamides is 1. The highest BCUT2D eigenvalue weighted by Crippen LogP contribution is 2.27. The van der Waals surface area contributed by atoms with E-state index in [0.29, 0.717) is 11.3 Å². The maximum Gasteiger partial charge on any atom is 0.264 e. The zero-order valence-corrected chi connectivity index (χ0v) is 21.6. The molecule has 3 aromatic carbocycles. The SMILES string of the molecule is COc1cccc(N(CC(=O)N[C@@H](C)c2ccc(S(C)(=O)=O)cc2)S(=O)(=O)c2ccc(C)cc2)c1. The number of carbonyl (C=O) groups excluding carboxylic acids is 1. The van der Waals surface area contributed by atoms with Crippen LogP contribution in [0.1, 0.15) is 24.1 Å². The van der Waals surface area contributed by atoms with Crippen LogP contribution >= 0.6 is 0 Å². The molecular weight excluding hydrogens is 488 g/mol. The van der Waals surface area contributed by atoms with Crippen LogP contribution in [-0.2, 0) is 24.7 Å². The average Bonchev–Trinajstić information content (AvgIpc) is 2.82. The summed E-state index contributed by atoms with van der Waals surface area (Å²) in [7, 11) is -5.93. The Labute approximate surface area is 206 Å². The molecule has 0 spiro atoms. The summed E-state index contributed by atoms with van der Waals surface area (Å²) >= 11 is 0. The van der Waals surface area contributed by atoms with Gasteiger partial charge in [-0.25, -0.2) is 16.8 Å². The van der Waals surface area contributed by atoms with Crippen molar-refractivity contribution in [1.82, 2.24) is 5.32 Å². The van der Waals surface area contributed by atoms with Gasteiger partial charge in [0, 0.05) is 12.3 Å². The van der Waals surface area contributed by atoms with E-state index in [-0.39, 0.29) is 15.5 Å². The fraction of sp³-hybridized carbons (Fsp3) is 0.240. The van der Waals surface area contributed by atoms with Crippen molar-refractivity contribution in [2.45, 2.75) is 29.7 Å². The third kappa shape index (κ3) is 6.40. The molecule has 0 heterocycles. The van der Waals surface area contributed by atoms with Gasteiger partial charge in [-0.1, -0.05) is 35.9 Å². The van der Waals surface area contributed by atoms with E-state index in [1.807, 2.05) is 6.92 Å². The Hall–Kier alpha value is -3.37. The number of anilines is 1. The van der Waals surface area contributed by atoms with E-state index in [9.17, 15) is 21.6 Å². The van der Waals surface area contributed by atoms with Gasteiger partial charge in [0.15, 0.2) is 9.84 Å². The van der Waals surface area contributed by atoms with Gasteiger partial charge in [0.1, 0.15) is 12.3 Å². The van der Waals surface area contributed by atoms with Crippen LogP contribution in [0.3, 0.4) is 0 Å². The molecule has 0 aliphatic rings. The second kappa shape index (κ2) is 10.5. The summed E-state index contributed by atoms with van der Waals surface area (Å²) in [4.78, 5) is 13.2. The van der Waals surface area contributed by atoms with Gasteiger partial charge < -0.3 is 10.1 Å². The van der Waals surface area contributed by atoms with E-state index in [4.69, 9.17) is 4.74 Å². The summed E-state index contributed by atoms with van der Waals surface area (Å²) in [5.74, 6) is -0.0745. The van der Waals surface area contributed by atoms with E-state index in [2.05, 4.69) is 5.32 Å². The summed E-state index contributed by atoms with van der Waals surface area (Å²) < 4.78 is 56.7. The van der Waals surface area contributed by atoms with Crippen molar-refractivity contribution in [2.24, 2.45) is 0 Å². The number of aryl methyl sites for hydroxylation is 1. The molecule has 0 radical (unpaired) electrons. The fourth-order valence-corrected chi connectivity index (χ4v) is 5.47. The first-order chi connectivity index (χ1) is 16.4. The topological polar surface area (TPSA) is 110 Å². The Balaban J connectivity index is 1.88. The van der Waals surface area contributed by atoms with Gasteiger partial charge in [-0.05, 0) is 55.8 Å². The third-order valence-electron chi connectivity index (χ3n) is 5.42. The zero-order valence-electron chi connectivity index (χ0n) is 19.9. The molecule has 8 nitrogen and oxygen atoms in total. The van der Waals surface area contributed by atoms with E-state index in [1.165, 1.54) is 31.4 Å². The van der Waals surface area contributed by atoms with Crippen molar-refractivity contribution in [3.05, 3.63) is 83.9 Å². The lowest BCUT2D eigenvalue weighted by atomic mass is 10.1. The highest BCUT2D eigenvalue weighted by atomic mass is 32.2. The summed E-state index contributed by atoms with van der Waals surface area (Å²) in [6, 6.07) is 18.6. The molecule has 1 N–H and O–H groups in total. The largest absolute Gasteiger partial charge is 0.497 e. The van der Waals surface area contributed by atoms with Crippen LogP contribution in [0.4, 0.5) is 5.69 Å². The molecule has 0 bridgehead atoms. The van der Waals surface area contributed by atoms with Crippen molar-refractivity contribution in [2.75, 3.05) is 24.2 Å². The highest BCUT2D eigenvalue weighted by Gasteiger charge is 2.28. The maximum absolute atomic E-state index is 13.5. The number of hydrogen-bond donors (Lipinski definition) is 1. The normalized spacial score (nSPS) is 12.6. The number of ether oxygens (including phenoxy) is 1. The Morgan fingerprint density at radius 3 is 2.11 bits per heavy atom. The second-order valence-electron chi connectivity index (χ2n) is 8.16. The number of nitrogens with zero attached hydrogens (tertiary/aromatic N) is 1. The minimum absolute atomic E-state index is 0.0585. The molecule has 1 amide bonds. The molecular formula is C25H28N2O6S2. The number of nitrogens with one attached hydrogen (secondary N) is 1. The van der Waals surface area contributed by atoms with Crippen LogP contribution in [0.25, 0.3) is 0 Å². The van der Waals surface area contributed by atoms with Crippen LogP contribution in [-0.4, -0.2) is 42.7 Å². The van der Waals surface area contributed by atoms with E-state index in [1.54, 1.807) is 55.5 Å². The second-order valence-corrected chi connectivity index (χ2v) is 12.0. The van der Waals surface area contributed by atoms with Gasteiger partial charge in [-0.3, -0.25) is 9.10 Å². The number of hydrogen-bond acceptors (Lipinski definition) is 6. The quantitative estimate of drug-likeness (QED) is 0.466. The molecule has 0 aliphatic carbocycles. The number of carbonyl (C=O) groups is 1. The number of sulfone groups is 1. The van der Waals surface area contributed by atoms with E-state index < -0.39 is 38.4 Å². The van der Waals surface area contributed by atoms with Crippen molar-refractivity contribution in [1.29, 1.82) is 0 Å². The first-order valence-corrected chi connectivity index (χ1v) is 14.1. The molecule has 186 valence electrons. The molecule has 0 saturated heterocycles. The minimum atomic E-state index is -4.06. The number of methoxy groups -OCH3 is 1. The van der Waals surface area contributed by atoms with Gasteiger partial charge in [0.2, 0.25) is 5.91 Å².